The van der Waals surface area contributed by atoms with Crippen LogP contribution in [0.3, 0.4) is 0 Å². The zero-order chi connectivity index (χ0) is 24.3. The van der Waals surface area contributed by atoms with Gasteiger partial charge in [-0.2, -0.15) is 0 Å². The number of rotatable bonds is 9. The molecule has 1 amide bonds. The molecular formula is C23H24N6O3S2. The molecule has 0 spiro atoms. The number of imidazole rings is 1. The van der Waals surface area contributed by atoms with E-state index in [-0.39, 0.29) is 15.9 Å². The van der Waals surface area contributed by atoms with Gasteiger partial charge in [0.2, 0.25) is 5.95 Å². The summed E-state index contributed by atoms with van der Waals surface area (Å²) in [5, 5.41) is 0. The summed E-state index contributed by atoms with van der Waals surface area (Å²) < 4.78 is 31.3. The molecule has 0 saturated heterocycles. The minimum Gasteiger partial charge on any atom is -0.364 e. The number of nitrogens with one attached hydrogen (secondary N) is 1. The van der Waals surface area contributed by atoms with Crippen LogP contribution in [-0.2, 0) is 23.0 Å². The standard InChI is InChI=1S/C23H24N6O3S2/c1-15(2)10-18-12-19(17-5-3-4-16(11-17)13-29-9-8-25-14-29)22(33-18)34(31,32)28-23-26-7-6-20(27-23)21(24)30/h3-9,11-12,14-15H,10,13H2,1-2H3,(H2,24,30)(H,26,27,28). The number of sulfonamides is 1. The molecule has 3 N–H and O–H groups in total. The SMILES string of the molecule is CC(C)Cc1cc(-c2cccc(Cn3ccnc3)c2)c(S(=O)(=O)Nc2nccc(C(N)=O)n2)s1. The molecule has 34 heavy (non-hydrogen) atoms. The van der Waals surface area contributed by atoms with Crippen molar-refractivity contribution in [1.82, 2.24) is 19.5 Å². The van der Waals surface area contributed by atoms with Crippen molar-refractivity contribution in [1.29, 1.82) is 0 Å². The number of anilines is 1. The Labute approximate surface area is 201 Å². The molecule has 0 fully saturated rings. The summed E-state index contributed by atoms with van der Waals surface area (Å²) in [6.07, 6.45) is 7.35. The number of nitrogens with zero attached hydrogens (tertiary/aromatic N) is 4. The summed E-state index contributed by atoms with van der Waals surface area (Å²) in [5.41, 5.74) is 7.59. The number of amides is 1. The molecule has 0 radical (unpaired) electrons. The third kappa shape index (κ3) is 5.49. The van der Waals surface area contributed by atoms with Crippen LogP contribution in [0.25, 0.3) is 11.1 Å². The Morgan fingerprint density at radius 2 is 2.03 bits per heavy atom. The highest BCUT2D eigenvalue weighted by atomic mass is 32.2. The fraction of sp³-hybridized carbons (Fsp3) is 0.217. The van der Waals surface area contributed by atoms with Crippen LogP contribution in [0.4, 0.5) is 5.95 Å². The predicted molar refractivity (Wildman–Crippen MR) is 131 cm³/mol. The Bertz CT molecular complexity index is 1410. The zero-order valence-electron chi connectivity index (χ0n) is 18.7. The molecule has 0 saturated carbocycles. The lowest BCUT2D eigenvalue weighted by Crippen LogP contribution is -2.18. The number of thiophene rings is 1. The molecule has 4 aromatic rings. The van der Waals surface area contributed by atoms with Gasteiger partial charge in [0.15, 0.2) is 0 Å². The third-order valence-electron chi connectivity index (χ3n) is 4.90. The molecule has 0 unspecified atom stereocenters. The number of aromatic nitrogens is 4. The number of primary amides is 1. The predicted octanol–water partition coefficient (Wildman–Crippen LogP) is 3.55. The quantitative estimate of drug-likeness (QED) is 0.364. The monoisotopic (exact) mass is 496 g/mol. The molecule has 3 heterocycles. The normalized spacial score (nSPS) is 11.6. The van der Waals surface area contributed by atoms with Crippen LogP contribution in [0.5, 0.6) is 0 Å². The molecule has 0 aliphatic carbocycles. The second-order valence-corrected chi connectivity index (χ2v) is 11.2. The lowest BCUT2D eigenvalue weighted by molar-refractivity contribution is 0.0995. The minimum absolute atomic E-state index is 0.0770. The summed E-state index contributed by atoms with van der Waals surface area (Å²) in [7, 11) is -4.04. The summed E-state index contributed by atoms with van der Waals surface area (Å²) in [4.78, 5) is 24.3. The maximum atomic E-state index is 13.4. The number of nitrogens with two attached hydrogens (primary N) is 1. The third-order valence-corrected chi connectivity index (χ3v) is 7.92. The van der Waals surface area contributed by atoms with Gasteiger partial charge in [-0.1, -0.05) is 32.0 Å². The molecular weight excluding hydrogens is 472 g/mol. The van der Waals surface area contributed by atoms with E-state index >= 15 is 0 Å². The van der Waals surface area contributed by atoms with Gasteiger partial charge in [0.05, 0.1) is 6.33 Å². The van der Waals surface area contributed by atoms with Crippen LogP contribution in [0.1, 0.15) is 34.8 Å². The van der Waals surface area contributed by atoms with Crippen molar-refractivity contribution in [2.24, 2.45) is 11.7 Å². The van der Waals surface area contributed by atoms with Crippen LogP contribution in [-0.4, -0.2) is 33.8 Å². The van der Waals surface area contributed by atoms with Crippen molar-refractivity contribution in [3.8, 4) is 11.1 Å². The second-order valence-electron chi connectivity index (χ2n) is 8.18. The van der Waals surface area contributed by atoms with E-state index in [1.807, 2.05) is 41.1 Å². The average Bonchev–Trinajstić information content (AvgIpc) is 3.44. The van der Waals surface area contributed by atoms with Crippen molar-refractivity contribution in [3.05, 3.63) is 77.5 Å². The van der Waals surface area contributed by atoms with E-state index in [1.54, 1.807) is 12.5 Å². The van der Waals surface area contributed by atoms with E-state index in [0.29, 0.717) is 18.0 Å². The summed E-state index contributed by atoms with van der Waals surface area (Å²) in [6, 6.07) is 11.0. The molecule has 11 heteroatoms. The van der Waals surface area contributed by atoms with E-state index in [4.69, 9.17) is 5.73 Å². The number of hydrogen-bond donors (Lipinski definition) is 2. The Morgan fingerprint density at radius 3 is 2.74 bits per heavy atom. The molecule has 3 aromatic heterocycles. The van der Waals surface area contributed by atoms with Crippen LogP contribution < -0.4 is 10.5 Å². The fourth-order valence-corrected chi connectivity index (χ4v) is 6.37. The lowest BCUT2D eigenvalue weighted by Gasteiger charge is -2.09. The van der Waals surface area contributed by atoms with Gasteiger partial charge in [0.25, 0.3) is 15.9 Å². The second kappa shape index (κ2) is 9.74. The van der Waals surface area contributed by atoms with Crippen LogP contribution in [0.2, 0.25) is 0 Å². The van der Waals surface area contributed by atoms with Crippen molar-refractivity contribution in [2.45, 2.75) is 31.0 Å². The number of carbonyl (C=O) groups excluding carboxylic acids is 1. The topological polar surface area (TPSA) is 133 Å². The average molecular weight is 497 g/mol. The highest BCUT2D eigenvalue weighted by molar-refractivity contribution is 7.94. The summed E-state index contributed by atoms with van der Waals surface area (Å²) in [6.45, 7) is 4.78. The van der Waals surface area contributed by atoms with Crippen molar-refractivity contribution >= 4 is 33.2 Å². The lowest BCUT2D eigenvalue weighted by atomic mass is 10.0. The first-order chi connectivity index (χ1) is 16.2. The molecule has 1 aromatic carbocycles. The van der Waals surface area contributed by atoms with Gasteiger partial charge in [0, 0.05) is 35.6 Å². The van der Waals surface area contributed by atoms with Crippen LogP contribution in [0.15, 0.2) is 65.5 Å². The van der Waals surface area contributed by atoms with Gasteiger partial charge in [0.1, 0.15) is 9.90 Å². The van der Waals surface area contributed by atoms with E-state index in [9.17, 15) is 13.2 Å². The number of hydrogen-bond acceptors (Lipinski definition) is 7. The molecule has 4 rings (SSSR count). The number of benzene rings is 1. The maximum absolute atomic E-state index is 13.4. The zero-order valence-corrected chi connectivity index (χ0v) is 20.3. The number of carbonyl (C=O) groups is 1. The van der Waals surface area contributed by atoms with E-state index in [0.717, 1.165) is 22.4 Å². The van der Waals surface area contributed by atoms with Crippen LogP contribution in [0, 0.1) is 5.92 Å². The first kappa shape index (κ1) is 23.6. The van der Waals surface area contributed by atoms with Crippen LogP contribution >= 0.6 is 11.3 Å². The van der Waals surface area contributed by atoms with Crippen molar-refractivity contribution in [2.75, 3.05) is 4.72 Å². The molecule has 176 valence electrons. The van der Waals surface area contributed by atoms with Crippen molar-refractivity contribution in [3.63, 3.8) is 0 Å². The molecule has 0 aliphatic heterocycles. The molecule has 0 atom stereocenters. The van der Waals surface area contributed by atoms with Gasteiger partial charge in [-0.15, -0.1) is 11.3 Å². The highest BCUT2D eigenvalue weighted by Crippen LogP contribution is 2.37. The van der Waals surface area contributed by atoms with Gasteiger partial charge < -0.3 is 10.3 Å². The largest absolute Gasteiger partial charge is 0.364 e. The Balaban J connectivity index is 1.73. The highest BCUT2D eigenvalue weighted by Gasteiger charge is 2.25. The Kier molecular flexibility index (Phi) is 6.75. The van der Waals surface area contributed by atoms with Gasteiger partial charge in [-0.05, 0) is 41.7 Å². The smallest absolute Gasteiger partial charge is 0.274 e. The summed E-state index contributed by atoms with van der Waals surface area (Å²) in [5.74, 6) is -0.623. The minimum atomic E-state index is -4.04. The first-order valence-electron chi connectivity index (χ1n) is 10.5. The molecule has 0 bridgehead atoms. The maximum Gasteiger partial charge on any atom is 0.274 e. The van der Waals surface area contributed by atoms with E-state index in [2.05, 4.69) is 33.5 Å². The van der Waals surface area contributed by atoms with E-state index < -0.39 is 15.9 Å². The fourth-order valence-electron chi connectivity index (χ4n) is 3.47. The van der Waals surface area contributed by atoms with Gasteiger partial charge >= 0.3 is 0 Å². The molecule has 0 aliphatic rings. The Morgan fingerprint density at radius 1 is 1.21 bits per heavy atom. The first-order valence-corrected chi connectivity index (χ1v) is 12.8. The van der Waals surface area contributed by atoms with Crippen molar-refractivity contribution < 1.29 is 13.2 Å². The van der Waals surface area contributed by atoms with Gasteiger partial charge in [-0.25, -0.2) is 28.1 Å². The summed E-state index contributed by atoms with van der Waals surface area (Å²) >= 11 is 1.22. The van der Waals surface area contributed by atoms with E-state index in [1.165, 1.54) is 23.6 Å². The van der Waals surface area contributed by atoms with Gasteiger partial charge in [-0.3, -0.25) is 4.79 Å². The molecule has 9 nitrogen and oxygen atoms in total. The Hall–Kier alpha value is -3.57.